The Morgan fingerprint density at radius 1 is 0.875 bits per heavy atom. The summed E-state index contributed by atoms with van der Waals surface area (Å²) in [5, 5.41) is 0. The van der Waals surface area contributed by atoms with Gasteiger partial charge in [-0.2, -0.15) is 0 Å². The summed E-state index contributed by atoms with van der Waals surface area (Å²) in [6.45, 7) is 9.18. The molecule has 0 atom stereocenters. The second-order valence-corrected chi connectivity index (χ2v) is 8.25. The largest absolute Gasteiger partial charge is 0.0621 e. The van der Waals surface area contributed by atoms with Gasteiger partial charge in [0.05, 0.1) is 0 Å². The second-order valence-electron chi connectivity index (χ2n) is 8.25. The van der Waals surface area contributed by atoms with E-state index in [1.807, 2.05) is 0 Å². The Hall–Kier alpha value is -1.82. The van der Waals surface area contributed by atoms with Crippen LogP contribution in [0.15, 0.2) is 42.0 Å². The van der Waals surface area contributed by atoms with Gasteiger partial charge in [0.25, 0.3) is 0 Å². The van der Waals surface area contributed by atoms with Crippen molar-refractivity contribution in [2.75, 3.05) is 0 Å². The highest BCUT2D eigenvalue weighted by Crippen LogP contribution is 2.44. The van der Waals surface area contributed by atoms with Crippen LogP contribution >= 0.6 is 0 Å². The number of hydrogen-bond donors (Lipinski definition) is 0. The molecule has 1 saturated carbocycles. The molecule has 0 amide bonds. The molecular formula is C24H28. The maximum atomic E-state index is 2.50. The summed E-state index contributed by atoms with van der Waals surface area (Å²) < 4.78 is 0. The Kier molecular flexibility index (Phi) is 3.87. The van der Waals surface area contributed by atoms with Gasteiger partial charge in [0.2, 0.25) is 0 Å². The molecule has 0 radical (unpaired) electrons. The third kappa shape index (κ3) is 2.83. The van der Waals surface area contributed by atoms with Crippen molar-refractivity contribution in [3.05, 3.63) is 64.2 Å². The fourth-order valence-electron chi connectivity index (χ4n) is 3.86. The van der Waals surface area contributed by atoms with Gasteiger partial charge in [-0.25, -0.2) is 0 Å². The van der Waals surface area contributed by atoms with Gasteiger partial charge >= 0.3 is 0 Å². The number of hydrogen-bond acceptors (Lipinski definition) is 0. The third-order valence-corrected chi connectivity index (χ3v) is 5.64. The van der Waals surface area contributed by atoms with Gasteiger partial charge in [-0.1, -0.05) is 75.7 Å². The summed E-state index contributed by atoms with van der Waals surface area (Å²) in [6, 6.07) is 14.1. The molecule has 0 N–H and O–H groups in total. The van der Waals surface area contributed by atoms with Crippen molar-refractivity contribution >= 4 is 6.08 Å². The topological polar surface area (TPSA) is 0 Å². The minimum Gasteiger partial charge on any atom is -0.0621 e. The molecule has 24 heavy (non-hydrogen) atoms. The van der Waals surface area contributed by atoms with Crippen molar-refractivity contribution in [2.24, 2.45) is 5.92 Å². The molecule has 2 aliphatic carbocycles. The van der Waals surface area contributed by atoms with Crippen molar-refractivity contribution in [3.8, 4) is 11.1 Å². The van der Waals surface area contributed by atoms with Crippen LogP contribution in [0.1, 0.15) is 74.6 Å². The van der Waals surface area contributed by atoms with Crippen LogP contribution in [0.3, 0.4) is 0 Å². The van der Waals surface area contributed by atoms with E-state index < -0.39 is 0 Å². The molecule has 2 aliphatic rings. The standard InChI is InChI=1S/C24H28/c1-15(2)19-11-20(16(3)4)13-22(12-19)23-7-5-6-18-10-21(14-24(18)23)17-8-9-17/h5-7,11-17H,8-10H2,1-4H3. The number of allylic oxidation sites excluding steroid dienone is 1. The highest BCUT2D eigenvalue weighted by molar-refractivity contribution is 5.81. The zero-order chi connectivity index (χ0) is 16.8. The van der Waals surface area contributed by atoms with Gasteiger partial charge < -0.3 is 0 Å². The first kappa shape index (κ1) is 15.7. The van der Waals surface area contributed by atoms with E-state index >= 15 is 0 Å². The molecule has 0 bridgehead atoms. The Morgan fingerprint density at radius 2 is 1.54 bits per heavy atom. The molecule has 2 aromatic rings. The third-order valence-electron chi connectivity index (χ3n) is 5.64. The summed E-state index contributed by atoms with van der Waals surface area (Å²) in [5.41, 5.74) is 10.4. The van der Waals surface area contributed by atoms with Crippen molar-refractivity contribution in [2.45, 2.75) is 58.8 Å². The highest BCUT2D eigenvalue weighted by Gasteiger charge is 2.29. The molecule has 0 heterocycles. The summed E-state index contributed by atoms with van der Waals surface area (Å²) in [6.07, 6.45) is 6.47. The summed E-state index contributed by atoms with van der Waals surface area (Å²) >= 11 is 0. The molecule has 0 aromatic heterocycles. The Morgan fingerprint density at radius 3 is 2.12 bits per heavy atom. The van der Waals surface area contributed by atoms with Crippen molar-refractivity contribution in [1.82, 2.24) is 0 Å². The van der Waals surface area contributed by atoms with Crippen LogP contribution in [0.2, 0.25) is 0 Å². The molecule has 0 saturated heterocycles. The molecule has 0 spiro atoms. The van der Waals surface area contributed by atoms with Crippen molar-refractivity contribution in [3.63, 3.8) is 0 Å². The van der Waals surface area contributed by atoms with Crippen LogP contribution < -0.4 is 0 Å². The summed E-state index contributed by atoms with van der Waals surface area (Å²) in [5.74, 6) is 2.01. The Labute approximate surface area is 146 Å². The minimum atomic E-state index is 0.566. The Balaban J connectivity index is 1.84. The quantitative estimate of drug-likeness (QED) is 0.572. The maximum absolute atomic E-state index is 2.50. The predicted octanol–water partition coefficient (Wildman–Crippen LogP) is 6.95. The normalized spacial score (nSPS) is 16.7. The van der Waals surface area contributed by atoms with E-state index in [9.17, 15) is 0 Å². The van der Waals surface area contributed by atoms with Crippen LogP contribution in [0, 0.1) is 5.92 Å². The number of fused-ring (bicyclic) bond motifs is 1. The van der Waals surface area contributed by atoms with Crippen LogP contribution in [0.25, 0.3) is 17.2 Å². The molecule has 4 rings (SSSR count). The summed E-state index contributed by atoms with van der Waals surface area (Å²) in [7, 11) is 0. The molecule has 0 aliphatic heterocycles. The molecule has 1 fully saturated rings. The Bertz CT molecular complexity index is 775. The average molecular weight is 316 g/mol. The lowest BCUT2D eigenvalue weighted by molar-refractivity contribution is 0.834. The highest BCUT2D eigenvalue weighted by atomic mass is 14.3. The van der Waals surface area contributed by atoms with E-state index in [1.54, 1.807) is 5.57 Å². The van der Waals surface area contributed by atoms with Gasteiger partial charge in [0.15, 0.2) is 0 Å². The van der Waals surface area contributed by atoms with Gasteiger partial charge in [0.1, 0.15) is 0 Å². The van der Waals surface area contributed by atoms with E-state index in [1.165, 1.54) is 52.6 Å². The summed E-state index contributed by atoms with van der Waals surface area (Å²) in [4.78, 5) is 0. The van der Waals surface area contributed by atoms with Crippen LogP contribution in [-0.4, -0.2) is 0 Å². The van der Waals surface area contributed by atoms with Gasteiger partial charge in [-0.15, -0.1) is 0 Å². The van der Waals surface area contributed by atoms with Gasteiger partial charge in [0, 0.05) is 0 Å². The molecule has 0 heteroatoms. The van der Waals surface area contributed by atoms with E-state index in [0.29, 0.717) is 11.8 Å². The zero-order valence-electron chi connectivity index (χ0n) is 15.4. The first-order chi connectivity index (χ1) is 11.5. The fourth-order valence-corrected chi connectivity index (χ4v) is 3.86. The second kappa shape index (κ2) is 5.92. The predicted molar refractivity (Wildman–Crippen MR) is 104 cm³/mol. The number of rotatable bonds is 4. The van der Waals surface area contributed by atoms with Crippen molar-refractivity contribution < 1.29 is 0 Å². The van der Waals surface area contributed by atoms with Crippen LogP contribution in [-0.2, 0) is 6.42 Å². The van der Waals surface area contributed by atoms with Crippen molar-refractivity contribution in [1.29, 1.82) is 0 Å². The fraction of sp³-hybridized carbons (Fsp3) is 0.417. The minimum absolute atomic E-state index is 0.566. The molecular weight excluding hydrogens is 288 g/mol. The van der Waals surface area contributed by atoms with E-state index in [0.717, 1.165) is 5.92 Å². The lowest BCUT2D eigenvalue weighted by Gasteiger charge is -2.16. The van der Waals surface area contributed by atoms with Gasteiger partial charge in [-0.05, 0) is 70.4 Å². The van der Waals surface area contributed by atoms with E-state index in [-0.39, 0.29) is 0 Å². The van der Waals surface area contributed by atoms with E-state index in [4.69, 9.17) is 0 Å². The zero-order valence-corrected chi connectivity index (χ0v) is 15.4. The molecule has 2 aromatic carbocycles. The monoisotopic (exact) mass is 316 g/mol. The molecule has 0 unspecified atom stereocenters. The van der Waals surface area contributed by atoms with Gasteiger partial charge in [-0.3, -0.25) is 0 Å². The first-order valence-corrected chi connectivity index (χ1v) is 9.50. The molecule has 0 nitrogen and oxygen atoms in total. The average Bonchev–Trinajstić information content (AvgIpc) is 3.32. The smallest absolute Gasteiger partial charge is 0.00548 e. The molecule has 124 valence electrons. The maximum Gasteiger partial charge on any atom is -0.00548 e. The van der Waals surface area contributed by atoms with Crippen LogP contribution in [0.4, 0.5) is 0 Å². The lowest BCUT2D eigenvalue weighted by Crippen LogP contribution is -1.96. The lowest BCUT2D eigenvalue weighted by atomic mass is 9.89. The van der Waals surface area contributed by atoms with E-state index in [2.05, 4.69) is 70.2 Å². The number of benzene rings is 2. The first-order valence-electron chi connectivity index (χ1n) is 9.50. The SMILES string of the molecule is CC(C)c1cc(-c2cccc3c2C=C(C2CC2)C3)cc(C(C)C)c1. The van der Waals surface area contributed by atoms with Crippen LogP contribution in [0.5, 0.6) is 0 Å².